The van der Waals surface area contributed by atoms with Crippen molar-refractivity contribution in [2.75, 3.05) is 18.2 Å². The van der Waals surface area contributed by atoms with Gasteiger partial charge in [0.2, 0.25) is 11.7 Å². The first-order chi connectivity index (χ1) is 14.2. The number of benzene rings is 2. The minimum Gasteiger partial charge on any atom is -0.497 e. The number of ether oxygens (including phenoxy) is 1. The highest BCUT2D eigenvalue weighted by molar-refractivity contribution is 7.99. The largest absolute Gasteiger partial charge is 0.497 e. The molecule has 4 rings (SSSR count). The van der Waals surface area contributed by atoms with E-state index in [1.54, 1.807) is 43.7 Å². The first kappa shape index (κ1) is 18.8. The van der Waals surface area contributed by atoms with E-state index in [9.17, 15) is 4.79 Å². The molecule has 0 aliphatic rings. The molecule has 0 saturated heterocycles. The fraction of sp³-hybridized carbons (Fsp3) is 0.0952. The van der Waals surface area contributed by atoms with Gasteiger partial charge in [-0.15, -0.1) is 10.2 Å². The van der Waals surface area contributed by atoms with E-state index in [4.69, 9.17) is 9.15 Å². The highest BCUT2D eigenvalue weighted by Gasteiger charge is 2.18. The Balaban J connectivity index is 1.52. The molecule has 0 saturated carbocycles. The van der Waals surface area contributed by atoms with Gasteiger partial charge in [-0.3, -0.25) is 9.36 Å². The summed E-state index contributed by atoms with van der Waals surface area (Å²) < 4.78 is 12.5. The second-order valence-corrected chi connectivity index (χ2v) is 6.96. The lowest BCUT2D eigenvalue weighted by Crippen LogP contribution is -2.14. The van der Waals surface area contributed by atoms with E-state index in [2.05, 4.69) is 15.5 Å². The Morgan fingerprint density at radius 2 is 1.86 bits per heavy atom. The van der Waals surface area contributed by atoms with Crippen LogP contribution in [0.1, 0.15) is 0 Å². The van der Waals surface area contributed by atoms with E-state index in [1.165, 1.54) is 11.8 Å². The predicted molar refractivity (Wildman–Crippen MR) is 111 cm³/mol. The summed E-state index contributed by atoms with van der Waals surface area (Å²) in [6.07, 6.45) is 1.59. The van der Waals surface area contributed by atoms with Gasteiger partial charge in [0.1, 0.15) is 5.75 Å². The van der Waals surface area contributed by atoms with Gasteiger partial charge in [-0.2, -0.15) is 0 Å². The third-order valence-corrected chi connectivity index (χ3v) is 5.02. The molecule has 0 bridgehead atoms. The number of methoxy groups -OCH3 is 1. The summed E-state index contributed by atoms with van der Waals surface area (Å²) in [5, 5.41) is 12.0. The van der Waals surface area contributed by atoms with E-state index < -0.39 is 0 Å². The topological polar surface area (TPSA) is 82.2 Å². The standard InChI is InChI=1S/C21H18N4O3S/c1-27-17-11-9-15(10-12-17)22-19(26)14-29-21-24-23-20(18-8-5-13-28-18)25(21)16-6-3-2-4-7-16/h2-13H,14H2,1H3,(H,22,26). The van der Waals surface area contributed by atoms with Crippen LogP contribution in [0.3, 0.4) is 0 Å². The molecular formula is C21H18N4O3S. The Morgan fingerprint density at radius 1 is 1.07 bits per heavy atom. The van der Waals surface area contributed by atoms with Gasteiger partial charge < -0.3 is 14.5 Å². The van der Waals surface area contributed by atoms with Crippen LogP contribution in [0.4, 0.5) is 5.69 Å². The molecule has 8 heteroatoms. The van der Waals surface area contributed by atoms with Crippen molar-refractivity contribution < 1.29 is 13.9 Å². The van der Waals surface area contributed by atoms with Crippen molar-refractivity contribution in [2.24, 2.45) is 0 Å². The highest BCUT2D eigenvalue weighted by Crippen LogP contribution is 2.28. The molecule has 0 unspecified atom stereocenters. The minimum atomic E-state index is -0.137. The van der Waals surface area contributed by atoms with Gasteiger partial charge in [0.15, 0.2) is 10.9 Å². The first-order valence-corrected chi connectivity index (χ1v) is 9.84. The molecule has 4 aromatic rings. The van der Waals surface area contributed by atoms with Gasteiger partial charge in [-0.1, -0.05) is 30.0 Å². The number of thioether (sulfide) groups is 1. The van der Waals surface area contributed by atoms with E-state index in [0.717, 1.165) is 11.4 Å². The average molecular weight is 406 g/mol. The number of carbonyl (C=O) groups is 1. The summed E-state index contributed by atoms with van der Waals surface area (Å²) in [6.45, 7) is 0. The van der Waals surface area contributed by atoms with Crippen molar-refractivity contribution in [3.05, 3.63) is 73.0 Å². The summed E-state index contributed by atoms with van der Waals surface area (Å²) in [5.74, 6) is 1.98. The number of hydrogen-bond donors (Lipinski definition) is 1. The number of nitrogens with zero attached hydrogens (tertiary/aromatic N) is 3. The van der Waals surface area contributed by atoms with Crippen molar-refractivity contribution in [3.8, 4) is 23.0 Å². The highest BCUT2D eigenvalue weighted by atomic mass is 32.2. The number of carbonyl (C=O) groups excluding carboxylic acids is 1. The van der Waals surface area contributed by atoms with Crippen molar-refractivity contribution in [3.63, 3.8) is 0 Å². The van der Waals surface area contributed by atoms with E-state index in [-0.39, 0.29) is 11.7 Å². The van der Waals surface area contributed by atoms with Crippen LogP contribution in [-0.2, 0) is 4.79 Å². The zero-order valence-corrected chi connectivity index (χ0v) is 16.4. The van der Waals surface area contributed by atoms with Crippen LogP contribution in [-0.4, -0.2) is 33.5 Å². The van der Waals surface area contributed by atoms with Gasteiger partial charge in [0.25, 0.3) is 0 Å². The molecule has 29 heavy (non-hydrogen) atoms. The smallest absolute Gasteiger partial charge is 0.234 e. The van der Waals surface area contributed by atoms with Crippen LogP contribution < -0.4 is 10.1 Å². The van der Waals surface area contributed by atoms with Gasteiger partial charge in [0, 0.05) is 11.4 Å². The zero-order chi connectivity index (χ0) is 20.1. The van der Waals surface area contributed by atoms with Crippen LogP contribution in [0.15, 0.2) is 82.6 Å². The molecule has 2 aromatic carbocycles. The molecule has 1 N–H and O–H groups in total. The van der Waals surface area contributed by atoms with Crippen LogP contribution in [0.25, 0.3) is 17.3 Å². The molecule has 2 aromatic heterocycles. The summed E-state index contributed by atoms with van der Waals surface area (Å²) in [5.41, 5.74) is 1.60. The Kier molecular flexibility index (Phi) is 5.62. The van der Waals surface area contributed by atoms with Crippen molar-refractivity contribution in [2.45, 2.75) is 5.16 Å². The molecule has 0 atom stereocenters. The van der Waals surface area contributed by atoms with Crippen molar-refractivity contribution >= 4 is 23.4 Å². The van der Waals surface area contributed by atoms with Gasteiger partial charge >= 0.3 is 0 Å². The maximum absolute atomic E-state index is 12.4. The number of aromatic nitrogens is 3. The molecule has 0 spiro atoms. The third kappa shape index (κ3) is 4.33. The molecule has 146 valence electrons. The van der Waals surface area contributed by atoms with Gasteiger partial charge in [-0.05, 0) is 48.5 Å². The van der Waals surface area contributed by atoms with Crippen molar-refractivity contribution in [1.29, 1.82) is 0 Å². The summed E-state index contributed by atoms with van der Waals surface area (Å²) in [4.78, 5) is 12.4. The number of anilines is 1. The van der Waals surface area contributed by atoms with E-state index >= 15 is 0 Å². The number of amides is 1. The zero-order valence-electron chi connectivity index (χ0n) is 15.6. The third-order valence-electron chi connectivity index (χ3n) is 4.10. The Labute approximate surface area is 171 Å². The fourth-order valence-electron chi connectivity index (χ4n) is 2.74. The van der Waals surface area contributed by atoms with Gasteiger partial charge in [0.05, 0.1) is 19.1 Å². The lowest BCUT2D eigenvalue weighted by molar-refractivity contribution is -0.113. The summed E-state index contributed by atoms with van der Waals surface area (Å²) >= 11 is 1.31. The van der Waals surface area contributed by atoms with Crippen LogP contribution >= 0.6 is 11.8 Å². The maximum atomic E-state index is 12.4. The summed E-state index contributed by atoms with van der Waals surface area (Å²) in [7, 11) is 1.60. The quantitative estimate of drug-likeness (QED) is 0.462. The lowest BCUT2D eigenvalue weighted by Gasteiger charge is -2.09. The molecule has 0 radical (unpaired) electrons. The number of hydrogen-bond acceptors (Lipinski definition) is 6. The Hall–Kier alpha value is -3.52. The number of furan rings is 1. The average Bonchev–Trinajstić information content (AvgIpc) is 3.43. The fourth-order valence-corrected chi connectivity index (χ4v) is 3.49. The SMILES string of the molecule is COc1ccc(NC(=O)CSc2nnc(-c3ccco3)n2-c2ccccc2)cc1. The number of nitrogens with one attached hydrogen (secondary N) is 1. The molecule has 0 fully saturated rings. The predicted octanol–water partition coefficient (Wildman–Crippen LogP) is 4.27. The Bertz CT molecular complexity index is 1080. The lowest BCUT2D eigenvalue weighted by atomic mass is 10.3. The Morgan fingerprint density at radius 3 is 2.55 bits per heavy atom. The maximum Gasteiger partial charge on any atom is 0.234 e. The van der Waals surface area contributed by atoms with Crippen LogP contribution in [0.5, 0.6) is 5.75 Å². The van der Waals surface area contributed by atoms with Crippen molar-refractivity contribution in [1.82, 2.24) is 14.8 Å². The second-order valence-electron chi connectivity index (χ2n) is 6.02. The van der Waals surface area contributed by atoms with Crippen LogP contribution in [0, 0.1) is 0 Å². The summed E-state index contributed by atoms with van der Waals surface area (Å²) in [6, 6.07) is 20.5. The molecule has 0 aliphatic carbocycles. The van der Waals surface area contributed by atoms with E-state index in [1.807, 2.05) is 41.0 Å². The normalized spacial score (nSPS) is 10.7. The second kappa shape index (κ2) is 8.66. The monoisotopic (exact) mass is 406 g/mol. The molecule has 2 heterocycles. The molecular weight excluding hydrogens is 388 g/mol. The van der Waals surface area contributed by atoms with Crippen LogP contribution in [0.2, 0.25) is 0 Å². The molecule has 7 nitrogen and oxygen atoms in total. The first-order valence-electron chi connectivity index (χ1n) is 8.86. The number of para-hydroxylation sites is 1. The molecule has 1 amide bonds. The van der Waals surface area contributed by atoms with Gasteiger partial charge in [-0.25, -0.2) is 0 Å². The minimum absolute atomic E-state index is 0.137. The molecule has 0 aliphatic heterocycles. The van der Waals surface area contributed by atoms with E-state index in [0.29, 0.717) is 22.4 Å². The number of rotatable bonds is 7.